The van der Waals surface area contributed by atoms with Crippen molar-refractivity contribution in [1.29, 1.82) is 0 Å². The van der Waals surface area contributed by atoms with Gasteiger partial charge in [0.15, 0.2) is 6.61 Å². The first-order valence-electron chi connectivity index (χ1n) is 8.23. The zero-order valence-electron chi connectivity index (χ0n) is 14.4. The maximum atomic E-state index is 12.1. The number of nitro benzene ring substituents is 1. The predicted molar refractivity (Wildman–Crippen MR) is 92.6 cm³/mol. The summed E-state index contributed by atoms with van der Waals surface area (Å²) in [5.41, 5.74) is 0.202. The van der Waals surface area contributed by atoms with E-state index < -0.39 is 10.9 Å². The lowest BCUT2D eigenvalue weighted by Gasteiger charge is -2.34. The number of piperidine rings is 1. The molecule has 1 aliphatic rings. The van der Waals surface area contributed by atoms with Crippen molar-refractivity contribution < 1.29 is 19.2 Å². The molecule has 7 heteroatoms. The molecular formula is C18H22N2O5. The number of ether oxygens (including phenoxy) is 1. The monoisotopic (exact) mass is 346 g/mol. The van der Waals surface area contributed by atoms with Gasteiger partial charge in [0.25, 0.3) is 11.6 Å². The number of likely N-dealkylation sites (tertiary alicyclic amines) is 1. The van der Waals surface area contributed by atoms with Gasteiger partial charge in [-0.1, -0.05) is 26.0 Å². The molecule has 1 aliphatic heterocycles. The predicted octanol–water partition coefficient (Wildman–Crippen LogP) is 2.66. The molecule has 0 spiro atoms. The number of carbonyl (C=O) groups excluding carboxylic acids is 2. The third-order valence-electron chi connectivity index (χ3n) is 4.09. The van der Waals surface area contributed by atoms with Crippen LogP contribution in [0.25, 0.3) is 6.08 Å². The third kappa shape index (κ3) is 5.41. The van der Waals surface area contributed by atoms with E-state index in [2.05, 4.69) is 13.8 Å². The quantitative estimate of drug-likeness (QED) is 0.354. The molecule has 0 aromatic heterocycles. The van der Waals surface area contributed by atoms with Gasteiger partial charge in [-0.3, -0.25) is 14.9 Å². The Labute approximate surface area is 146 Å². The number of carbonyl (C=O) groups is 2. The highest BCUT2D eigenvalue weighted by Gasteiger charge is 2.25. The van der Waals surface area contributed by atoms with Crippen LogP contribution >= 0.6 is 0 Å². The zero-order chi connectivity index (χ0) is 18.4. The van der Waals surface area contributed by atoms with E-state index in [1.54, 1.807) is 17.0 Å². The Morgan fingerprint density at radius 1 is 1.28 bits per heavy atom. The van der Waals surface area contributed by atoms with Crippen LogP contribution in [0, 0.1) is 22.0 Å². The van der Waals surface area contributed by atoms with Gasteiger partial charge in [0.2, 0.25) is 0 Å². The van der Waals surface area contributed by atoms with Crippen molar-refractivity contribution in [2.45, 2.75) is 20.3 Å². The summed E-state index contributed by atoms with van der Waals surface area (Å²) in [4.78, 5) is 36.0. The second kappa shape index (κ2) is 8.41. The van der Waals surface area contributed by atoms with Crippen molar-refractivity contribution >= 4 is 23.6 Å². The van der Waals surface area contributed by atoms with Gasteiger partial charge < -0.3 is 9.64 Å². The number of rotatable bonds is 5. The van der Waals surface area contributed by atoms with E-state index in [-0.39, 0.29) is 18.2 Å². The Morgan fingerprint density at radius 3 is 2.56 bits per heavy atom. The lowest BCUT2D eigenvalue weighted by Crippen LogP contribution is -2.44. The van der Waals surface area contributed by atoms with Gasteiger partial charge in [0.1, 0.15) is 0 Å². The number of benzene rings is 1. The lowest BCUT2D eigenvalue weighted by atomic mass is 9.92. The van der Waals surface area contributed by atoms with Gasteiger partial charge in [0, 0.05) is 25.2 Å². The first kappa shape index (κ1) is 18.6. The molecular weight excluding hydrogens is 324 g/mol. The van der Waals surface area contributed by atoms with Crippen LogP contribution in [0.3, 0.4) is 0 Å². The van der Waals surface area contributed by atoms with E-state index in [9.17, 15) is 19.7 Å². The fraction of sp³-hybridized carbons (Fsp3) is 0.444. The fourth-order valence-electron chi connectivity index (χ4n) is 3.09. The summed E-state index contributed by atoms with van der Waals surface area (Å²) in [6.07, 6.45) is 3.50. The molecule has 7 nitrogen and oxygen atoms in total. The van der Waals surface area contributed by atoms with Crippen molar-refractivity contribution in [3.05, 3.63) is 46.0 Å². The first-order valence-corrected chi connectivity index (χ1v) is 8.23. The Bertz CT molecular complexity index is 676. The molecule has 134 valence electrons. The minimum atomic E-state index is -0.704. The summed E-state index contributed by atoms with van der Waals surface area (Å²) in [6, 6.07) is 6.07. The maximum Gasteiger partial charge on any atom is 0.331 e. The van der Waals surface area contributed by atoms with Crippen molar-refractivity contribution in [3.63, 3.8) is 0 Å². The van der Waals surface area contributed by atoms with Crippen LogP contribution in [0.15, 0.2) is 30.3 Å². The molecule has 1 fully saturated rings. The van der Waals surface area contributed by atoms with Crippen molar-refractivity contribution in [3.8, 4) is 0 Å². The Morgan fingerprint density at radius 2 is 1.92 bits per heavy atom. The molecule has 0 bridgehead atoms. The molecule has 0 N–H and O–H groups in total. The average molecular weight is 346 g/mol. The van der Waals surface area contributed by atoms with Crippen LogP contribution < -0.4 is 0 Å². The van der Waals surface area contributed by atoms with Gasteiger partial charge in [-0.2, -0.15) is 0 Å². The second-order valence-electron chi connectivity index (χ2n) is 6.50. The molecule has 0 radical (unpaired) electrons. The first-order chi connectivity index (χ1) is 11.9. The summed E-state index contributed by atoms with van der Waals surface area (Å²) in [5, 5.41) is 10.9. The molecule has 2 atom stereocenters. The summed E-state index contributed by atoms with van der Waals surface area (Å²) in [5.74, 6) is -0.0562. The van der Waals surface area contributed by atoms with Gasteiger partial charge in [-0.15, -0.1) is 0 Å². The fourth-order valence-corrected chi connectivity index (χ4v) is 3.09. The minimum Gasteiger partial charge on any atom is -0.452 e. The highest BCUT2D eigenvalue weighted by atomic mass is 16.6. The van der Waals surface area contributed by atoms with Crippen LogP contribution in [-0.2, 0) is 14.3 Å². The molecule has 2 rings (SSSR count). The molecule has 2 unspecified atom stereocenters. The average Bonchev–Trinajstić information content (AvgIpc) is 2.57. The number of para-hydroxylation sites is 1. The second-order valence-corrected chi connectivity index (χ2v) is 6.50. The van der Waals surface area contributed by atoms with E-state index in [1.165, 1.54) is 18.2 Å². The zero-order valence-corrected chi connectivity index (χ0v) is 14.4. The number of esters is 1. The van der Waals surface area contributed by atoms with Crippen molar-refractivity contribution in [2.24, 2.45) is 11.8 Å². The number of nitrogens with zero attached hydrogens (tertiary/aromatic N) is 2. The van der Waals surface area contributed by atoms with Crippen LogP contribution in [0.1, 0.15) is 25.8 Å². The Hall–Kier alpha value is -2.70. The molecule has 1 aromatic carbocycles. The smallest absolute Gasteiger partial charge is 0.331 e. The third-order valence-corrected chi connectivity index (χ3v) is 4.09. The Balaban J connectivity index is 1.88. The van der Waals surface area contributed by atoms with E-state index in [1.807, 2.05) is 0 Å². The highest BCUT2D eigenvalue weighted by Crippen LogP contribution is 2.21. The van der Waals surface area contributed by atoms with Crippen molar-refractivity contribution in [1.82, 2.24) is 4.90 Å². The number of hydrogen-bond acceptors (Lipinski definition) is 5. The van der Waals surface area contributed by atoms with Crippen LogP contribution in [0.2, 0.25) is 0 Å². The largest absolute Gasteiger partial charge is 0.452 e. The summed E-state index contributed by atoms with van der Waals surface area (Å²) < 4.78 is 4.96. The van der Waals surface area contributed by atoms with Gasteiger partial charge in [0.05, 0.1) is 10.5 Å². The van der Waals surface area contributed by atoms with Gasteiger partial charge in [-0.05, 0) is 30.4 Å². The summed E-state index contributed by atoms with van der Waals surface area (Å²) in [7, 11) is 0. The summed E-state index contributed by atoms with van der Waals surface area (Å²) >= 11 is 0. The van der Waals surface area contributed by atoms with Crippen LogP contribution in [-0.4, -0.2) is 41.4 Å². The molecule has 1 saturated heterocycles. The van der Waals surface area contributed by atoms with Crippen LogP contribution in [0.4, 0.5) is 5.69 Å². The van der Waals surface area contributed by atoms with E-state index >= 15 is 0 Å². The molecule has 0 saturated carbocycles. The molecule has 1 aromatic rings. The molecule has 1 amide bonds. The van der Waals surface area contributed by atoms with Crippen molar-refractivity contribution in [2.75, 3.05) is 19.7 Å². The molecule has 25 heavy (non-hydrogen) atoms. The standard InChI is InChI=1S/C18H22N2O5/c1-13-9-14(2)11-19(10-13)17(21)12-25-18(22)8-7-15-5-3-4-6-16(15)20(23)24/h3-8,13-14H,9-12H2,1-2H3/b8-7+. The highest BCUT2D eigenvalue weighted by molar-refractivity contribution is 5.90. The minimum absolute atomic E-state index is 0.0982. The van der Waals surface area contributed by atoms with E-state index in [0.717, 1.165) is 12.5 Å². The number of amides is 1. The maximum absolute atomic E-state index is 12.1. The topological polar surface area (TPSA) is 89.8 Å². The van der Waals surface area contributed by atoms with Crippen LogP contribution in [0.5, 0.6) is 0 Å². The van der Waals surface area contributed by atoms with E-state index in [0.29, 0.717) is 30.5 Å². The number of nitro groups is 1. The lowest BCUT2D eigenvalue weighted by molar-refractivity contribution is -0.385. The van der Waals surface area contributed by atoms with E-state index in [4.69, 9.17) is 4.74 Å². The number of hydrogen-bond donors (Lipinski definition) is 0. The molecule has 0 aliphatic carbocycles. The van der Waals surface area contributed by atoms with Gasteiger partial charge in [-0.25, -0.2) is 4.79 Å². The molecule has 1 heterocycles. The summed E-state index contributed by atoms with van der Waals surface area (Å²) in [6.45, 7) is 5.22. The van der Waals surface area contributed by atoms with Gasteiger partial charge >= 0.3 is 5.97 Å². The SMILES string of the molecule is CC1CC(C)CN(C(=O)COC(=O)/C=C/c2ccccc2[N+](=O)[O-])C1. The Kier molecular flexibility index (Phi) is 6.27. The normalized spacial score (nSPS) is 20.5.